The molecule has 35 heavy (non-hydrogen) atoms. The van der Waals surface area contributed by atoms with Gasteiger partial charge in [0, 0.05) is 30.7 Å². The molecule has 0 bridgehead atoms. The topological polar surface area (TPSA) is 67.8 Å². The first kappa shape index (κ1) is 23.3. The minimum absolute atomic E-state index is 0.0165. The molecule has 3 aromatic rings. The lowest BCUT2D eigenvalue weighted by Crippen LogP contribution is -2.37. The van der Waals surface area contributed by atoms with Crippen molar-refractivity contribution in [2.24, 2.45) is 5.92 Å². The normalized spacial score (nSPS) is 20.4. The van der Waals surface area contributed by atoms with E-state index in [0.717, 1.165) is 18.4 Å². The maximum Gasteiger partial charge on any atom is 0.290 e. The first-order valence-corrected chi connectivity index (χ1v) is 12.4. The van der Waals surface area contributed by atoms with Crippen molar-refractivity contribution in [3.8, 4) is 11.1 Å². The summed E-state index contributed by atoms with van der Waals surface area (Å²) in [6.45, 7) is 2.50. The van der Waals surface area contributed by atoms with Crippen molar-refractivity contribution in [2.45, 2.75) is 38.4 Å². The maximum absolute atomic E-state index is 13.2. The van der Waals surface area contributed by atoms with Crippen LogP contribution in [0, 0.1) is 5.92 Å². The zero-order valence-corrected chi connectivity index (χ0v) is 19.9. The first-order valence-electron chi connectivity index (χ1n) is 12.4. The maximum atomic E-state index is 13.2. The third kappa shape index (κ3) is 4.88. The highest BCUT2D eigenvalue weighted by atomic mass is 16.7. The Hall–Kier alpha value is -3.41. The quantitative estimate of drug-likeness (QED) is 0.350. The van der Waals surface area contributed by atoms with Gasteiger partial charge in [0.15, 0.2) is 5.76 Å². The number of benzene rings is 3. The molecule has 1 heterocycles. The Bertz CT molecular complexity index is 1220. The summed E-state index contributed by atoms with van der Waals surface area (Å²) >= 11 is 0. The number of ether oxygens (including phenoxy) is 2. The highest BCUT2D eigenvalue weighted by molar-refractivity contribution is 6.02. The molecule has 1 aliphatic carbocycles. The summed E-state index contributed by atoms with van der Waals surface area (Å²) in [5, 5.41) is 12.5. The lowest BCUT2D eigenvalue weighted by atomic mass is 9.80. The lowest BCUT2D eigenvalue weighted by Gasteiger charge is -2.37. The van der Waals surface area contributed by atoms with Gasteiger partial charge >= 0.3 is 0 Å². The molecule has 2 aliphatic rings. The molecule has 3 atom stereocenters. The fourth-order valence-corrected chi connectivity index (χ4v) is 5.23. The second-order valence-corrected chi connectivity index (χ2v) is 9.10. The minimum atomic E-state index is -0.566. The van der Waals surface area contributed by atoms with E-state index in [0.29, 0.717) is 18.7 Å². The van der Waals surface area contributed by atoms with E-state index in [2.05, 4.69) is 47.8 Å². The predicted molar refractivity (Wildman–Crippen MR) is 137 cm³/mol. The van der Waals surface area contributed by atoms with E-state index in [1.54, 1.807) is 0 Å². The number of carbonyl (C=O) groups excluding carboxylic acids is 1. The van der Waals surface area contributed by atoms with Crippen molar-refractivity contribution < 1.29 is 19.4 Å². The second kappa shape index (κ2) is 10.5. The number of amides is 1. The molecule has 0 fully saturated rings. The summed E-state index contributed by atoms with van der Waals surface area (Å²) in [5.74, 6) is -0.115. The largest absolute Gasteiger partial charge is 0.459 e. The Morgan fingerprint density at radius 1 is 1.03 bits per heavy atom. The number of anilines is 1. The third-order valence-electron chi connectivity index (χ3n) is 6.87. The van der Waals surface area contributed by atoms with E-state index in [9.17, 15) is 9.90 Å². The van der Waals surface area contributed by atoms with Crippen LogP contribution in [0.1, 0.15) is 42.4 Å². The number of carbonyl (C=O) groups is 1. The molecular weight excluding hydrogens is 438 g/mol. The Labute approximate surface area is 206 Å². The number of allylic oxidation sites excluding steroid dienone is 1. The van der Waals surface area contributed by atoms with Crippen molar-refractivity contribution in [3.63, 3.8) is 0 Å². The average molecular weight is 470 g/mol. The molecule has 0 unspecified atom stereocenters. The van der Waals surface area contributed by atoms with E-state index >= 15 is 0 Å². The van der Waals surface area contributed by atoms with E-state index < -0.39 is 6.29 Å². The van der Waals surface area contributed by atoms with Crippen LogP contribution < -0.4 is 5.32 Å². The van der Waals surface area contributed by atoms with Gasteiger partial charge in [-0.1, -0.05) is 60.7 Å². The van der Waals surface area contributed by atoms with Crippen molar-refractivity contribution >= 4 is 11.6 Å². The van der Waals surface area contributed by atoms with Crippen LogP contribution in [0.25, 0.3) is 11.1 Å². The monoisotopic (exact) mass is 469 g/mol. The minimum Gasteiger partial charge on any atom is -0.459 e. The number of para-hydroxylation sites is 1. The van der Waals surface area contributed by atoms with Gasteiger partial charge in [-0.05, 0) is 72.2 Å². The zero-order valence-electron chi connectivity index (χ0n) is 19.9. The highest BCUT2D eigenvalue weighted by Crippen LogP contribution is 2.43. The lowest BCUT2D eigenvalue weighted by molar-refractivity contribution is -0.165. The number of rotatable bonds is 8. The molecule has 2 N–H and O–H groups in total. The molecule has 0 radical (unpaired) electrons. The number of aliphatic hydroxyl groups is 1. The molecule has 0 saturated heterocycles. The fourth-order valence-electron chi connectivity index (χ4n) is 5.23. The molecule has 5 nitrogen and oxygen atoms in total. The van der Waals surface area contributed by atoms with Gasteiger partial charge in [-0.3, -0.25) is 4.79 Å². The number of fused-ring (bicyclic) bond motifs is 3. The van der Waals surface area contributed by atoms with Crippen LogP contribution in [0.3, 0.4) is 0 Å². The van der Waals surface area contributed by atoms with Gasteiger partial charge in [0.1, 0.15) is 0 Å². The number of hydrogen-bond acceptors (Lipinski definition) is 4. The van der Waals surface area contributed by atoms with E-state index in [1.807, 2.05) is 43.3 Å². The van der Waals surface area contributed by atoms with Gasteiger partial charge in [0.2, 0.25) is 6.29 Å². The standard InChI is InChI=1S/C30H31NO4/c1-2-34-30-26(13-8-16-32)27(19-28(35-30)29(33)31-23-10-4-3-5-11-23)21-14-15-25-22(18-21)17-20-9-6-7-12-24(20)25/h3-7,9-12,14-15,18-19,26-27,30,32H,2,8,13,16-17H2,1H3,(H,31,33)/t26-,27-,30-/m1/s1. The van der Waals surface area contributed by atoms with Crippen LogP contribution in [0.2, 0.25) is 0 Å². The van der Waals surface area contributed by atoms with Gasteiger partial charge in [-0.25, -0.2) is 0 Å². The van der Waals surface area contributed by atoms with E-state index in [-0.39, 0.29) is 30.1 Å². The second-order valence-electron chi connectivity index (χ2n) is 9.10. The van der Waals surface area contributed by atoms with E-state index in [1.165, 1.54) is 22.3 Å². The summed E-state index contributed by atoms with van der Waals surface area (Å²) in [6, 6.07) is 24.5. The molecule has 5 rings (SSSR count). The van der Waals surface area contributed by atoms with E-state index in [4.69, 9.17) is 9.47 Å². The summed E-state index contributed by atoms with van der Waals surface area (Å²) < 4.78 is 12.1. The number of nitrogens with one attached hydrogen (secondary N) is 1. The van der Waals surface area contributed by atoms with Crippen LogP contribution in [-0.4, -0.2) is 30.5 Å². The SMILES string of the molecule is CCO[C@@H]1OC(C(=O)Nc2ccccc2)=C[C@H](c2ccc3c(c2)Cc2ccccc2-3)[C@H]1CCCO. The number of aliphatic hydroxyl groups excluding tert-OH is 1. The molecule has 0 aromatic heterocycles. The van der Waals surface area contributed by atoms with Crippen LogP contribution in [0.5, 0.6) is 0 Å². The van der Waals surface area contributed by atoms with Crippen molar-refractivity contribution in [2.75, 3.05) is 18.5 Å². The van der Waals surface area contributed by atoms with Crippen molar-refractivity contribution in [3.05, 3.63) is 101 Å². The molecule has 180 valence electrons. The summed E-state index contributed by atoms with van der Waals surface area (Å²) in [5.41, 5.74) is 7.06. The molecule has 5 heteroatoms. The van der Waals surface area contributed by atoms with Gasteiger partial charge in [0.05, 0.1) is 0 Å². The molecule has 1 aliphatic heterocycles. The van der Waals surface area contributed by atoms with Gasteiger partial charge in [-0.2, -0.15) is 0 Å². The Kier molecular flexibility index (Phi) is 6.98. The van der Waals surface area contributed by atoms with Crippen LogP contribution in [-0.2, 0) is 20.7 Å². The summed E-state index contributed by atoms with van der Waals surface area (Å²) in [6.07, 6.45) is 3.64. The Morgan fingerprint density at radius 2 is 1.80 bits per heavy atom. The fraction of sp³-hybridized carbons (Fsp3) is 0.300. The number of hydrogen-bond donors (Lipinski definition) is 2. The highest BCUT2D eigenvalue weighted by Gasteiger charge is 2.38. The molecule has 1 amide bonds. The Balaban J connectivity index is 1.50. The zero-order chi connectivity index (χ0) is 24.2. The summed E-state index contributed by atoms with van der Waals surface area (Å²) in [7, 11) is 0. The van der Waals surface area contributed by atoms with Gasteiger partial charge < -0.3 is 19.9 Å². The predicted octanol–water partition coefficient (Wildman–Crippen LogP) is 5.65. The van der Waals surface area contributed by atoms with Crippen molar-refractivity contribution in [1.82, 2.24) is 0 Å². The van der Waals surface area contributed by atoms with Crippen molar-refractivity contribution in [1.29, 1.82) is 0 Å². The van der Waals surface area contributed by atoms with Crippen LogP contribution >= 0.6 is 0 Å². The molecule has 3 aromatic carbocycles. The summed E-state index contributed by atoms with van der Waals surface area (Å²) in [4.78, 5) is 13.2. The van der Waals surface area contributed by atoms with Crippen LogP contribution in [0.15, 0.2) is 84.6 Å². The molecule has 0 saturated carbocycles. The smallest absolute Gasteiger partial charge is 0.290 e. The van der Waals surface area contributed by atoms with Crippen LogP contribution in [0.4, 0.5) is 5.69 Å². The van der Waals surface area contributed by atoms with Gasteiger partial charge in [-0.15, -0.1) is 0 Å². The van der Waals surface area contributed by atoms with Gasteiger partial charge in [0.25, 0.3) is 5.91 Å². The average Bonchev–Trinajstić information content (AvgIpc) is 3.26. The third-order valence-corrected chi connectivity index (χ3v) is 6.87. The Morgan fingerprint density at radius 3 is 2.60 bits per heavy atom. The first-order chi connectivity index (χ1) is 17.2. The molecule has 0 spiro atoms. The molecular formula is C30H31NO4.